The number of carbonyl (C=O) groups excluding carboxylic acids is 1. The number of carbonyl (C=O) groups is 1. The summed E-state index contributed by atoms with van der Waals surface area (Å²) in [4.78, 5) is 11.3. The van der Waals surface area contributed by atoms with Crippen molar-refractivity contribution in [1.29, 1.82) is 0 Å². The predicted molar refractivity (Wildman–Crippen MR) is 61.7 cm³/mol. The molecule has 1 aromatic heterocycles. The molecule has 15 heavy (non-hydrogen) atoms. The molecule has 0 radical (unpaired) electrons. The molecule has 0 aliphatic carbocycles. The average Bonchev–Trinajstić information content (AvgIpc) is 2.78. The van der Waals surface area contributed by atoms with Gasteiger partial charge in [-0.3, -0.25) is 4.79 Å². The van der Waals surface area contributed by atoms with Crippen molar-refractivity contribution in [3.05, 3.63) is 40.6 Å². The molecule has 0 saturated carbocycles. The highest BCUT2D eigenvalue weighted by atomic mass is 32.1. The van der Waals surface area contributed by atoms with Gasteiger partial charge in [0.25, 0.3) is 0 Å². The largest absolute Gasteiger partial charge is 0.497 e. The van der Waals surface area contributed by atoms with Gasteiger partial charge in [0.1, 0.15) is 5.75 Å². The lowest BCUT2D eigenvalue weighted by Crippen LogP contribution is -1.81. The first kappa shape index (κ1) is 9.93. The number of ether oxygens (including phenoxy) is 1. The minimum atomic E-state index is 0.751. The zero-order valence-electron chi connectivity index (χ0n) is 8.27. The van der Waals surface area contributed by atoms with E-state index in [1.54, 1.807) is 7.11 Å². The van der Waals surface area contributed by atoms with Gasteiger partial charge in [-0.1, -0.05) is 12.1 Å². The molecule has 0 N–H and O–H groups in total. The third-order valence-corrected chi connectivity index (χ3v) is 3.02. The molecule has 76 valence electrons. The van der Waals surface area contributed by atoms with Gasteiger partial charge < -0.3 is 4.74 Å². The number of rotatable bonds is 3. The summed E-state index contributed by atoms with van der Waals surface area (Å²) in [6.07, 6.45) is 0.873. The van der Waals surface area contributed by atoms with E-state index < -0.39 is 0 Å². The summed E-state index contributed by atoms with van der Waals surface area (Å²) >= 11 is 1.46. The molecule has 0 unspecified atom stereocenters. The fraction of sp³-hybridized carbons (Fsp3) is 0.0833. The van der Waals surface area contributed by atoms with Gasteiger partial charge in [-0.25, -0.2) is 0 Å². The van der Waals surface area contributed by atoms with E-state index in [0.29, 0.717) is 0 Å². The second-order valence-corrected chi connectivity index (χ2v) is 4.03. The Balaban J connectivity index is 2.32. The number of thiophene rings is 1. The molecule has 1 heterocycles. The van der Waals surface area contributed by atoms with Gasteiger partial charge in [-0.15, -0.1) is 11.3 Å². The summed E-state index contributed by atoms with van der Waals surface area (Å²) in [5.41, 5.74) is 2.17. The fourth-order valence-electron chi connectivity index (χ4n) is 1.35. The van der Waals surface area contributed by atoms with Crippen molar-refractivity contribution in [2.45, 2.75) is 0 Å². The Morgan fingerprint density at radius 2 is 1.93 bits per heavy atom. The SMILES string of the molecule is COc1ccc(-c2csc(C=O)c2)cc1. The fourth-order valence-corrected chi connectivity index (χ4v) is 2.07. The lowest BCUT2D eigenvalue weighted by Gasteiger charge is -2.00. The van der Waals surface area contributed by atoms with Crippen LogP contribution in [0.3, 0.4) is 0 Å². The molecule has 0 amide bonds. The number of benzene rings is 1. The topological polar surface area (TPSA) is 26.3 Å². The third-order valence-electron chi connectivity index (χ3n) is 2.16. The quantitative estimate of drug-likeness (QED) is 0.739. The van der Waals surface area contributed by atoms with Crippen LogP contribution in [-0.4, -0.2) is 13.4 Å². The lowest BCUT2D eigenvalue weighted by molar-refractivity contribution is 0.112. The van der Waals surface area contributed by atoms with Crippen LogP contribution in [0.1, 0.15) is 9.67 Å². The minimum absolute atomic E-state index is 0.751. The average molecular weight is 218 g/mol. The van der Waals surface area contributed by atoms with Crippen LogP contribution in [0, 0.1) is 0 Å². The smallest absolute Gasteiger partial charge is 0.160 e. The second kappa shape index (κ2) is 4.28. The third kappa shape index (κ3) is 2.07. The first-order valence-corrected chi connectivity index (χ1v) is 5.39. The van der Waals surface area contributed by atoms with Crippen LogP contribution in [0.4, 0.5) is 0 Å². The molecule has 2 rings (SSSR count). The van der Waals surface area contributed by atoms with Crippen molar-refractivity contribution >= 4 is 17.6 Å². The van der Waals surface area contributed by atoms with Crippen LogP contribution in [0.2, 0.25) is 0 Å². The second-order valence-electron chi connectivity index (χ2n) is 3.08. The van der Waals surface area contributed by atoms with Gasteiger partial charge in [-0.2, -0.15) is 0 Å². The molecule has 2 aromatic rings. The van der Waals surface area contributed by atoms with Crippen LogP contribution in [-0.2, 0) is 0 Å². The Kier molecular flexibility index (Phi) is 2.83. The van der Waals surface area contributed by atoms with E-state index >= 15 is 0 Å². The van der Waals surface area contributed by atoms with Crippen LogP contribution in [0.25, 0.3) is 11.1 Å². The van der Waals surface area contributed by atoms with Crippen molar-refractivity contribution in [2.24, 2.45) is 0 Å². The summed E-state index contributed by atoms with van der Waals surface area (Å²) in [7, 11) is 1.64. The van der Waals surface area contributed by atoms with Crippen LogP contribution >= 0.6 is 11.3 Å². The highest BCUT2D eigenvalue weighted by molar-refractivity contribution is 7.12. The number of methoxy groups -OCH3 is 1. The van der Waals surface area contributed by atoms with Crippen molar-refractivity contribution in [3.63, 3.8) is 0 Å². The summed E-state index contributed by atoms with van der Waals surface area (Å²) in [6, 6.07) is 9.67. The van der Waals surface area contributed by atoms with E-state index in [1.165, 1.54) is 11.3 Å². The molecular weight excluding hydrogens is 208 g/mol. The molecule has 0 spiro atoms. The molecule has 3 heteroatoms. The molecule has 0 saturated heterocycles. The zero-order chi connectivity index (χ0) is 10.7. The predicted octanol–water partition coefficient (Wildman–Crippen LogP) is 3.24. The zero-order valence-corrected chi connectivity index (χ0v) is 9.08. The highest BCUT2D eigenvalue weighted by Crippen LogP contribution is 2.26. The van der Waals surface area contributed by atoms with Crippen molar-refractivity contribution < 1.29 is 9.53 Å². The monoisotopic (exact) mass is 218 g/mol. The lowest BCUT2D eigenvalue weighted by atomic mass is 10.1. The Hall–Kier alpha value is -1.61. The number of aldehydes is 1. The molecule has 0 aliphatic heterocycles. The molecule has 2 nitrogen and oxygen atoms in total. The minimum Gasteiger partial charge on any atom is -0.497 e. The van der Waals surface area contributed by atoms with Crippen molar-refractivity contribution in [1.82, 2.24) is 0 Å². The van der Waals surface area contributed by atoms with E-state index in [1.807, 2.05) is 35.7 Å². The molecule has 0 bridgehead atoms. The van der Waals surface area contributed by atoms with Crippen LogP contribution in [0.15, 0.2) is 35.7 Å². The summed E-state index contributed by atoms with van der Waals surface area (Å²) < 4.78 is 5.08. The van der Waals surface area contributed by atoms with Gasteiger partial charge in [-0.05, 0) is 34.7 Å². The number of hydrogen-bond acceptors (Lipinski definition) is 3. The first-order chi connectivity index (χ1) is 7.33. The Bertz CT molecular complexity index is 457. The van der Waals surface area contributed by atoms with Gasteiger partial charge in [0.2, 0.25) is 0 Å². The van der Waals surface area contributed by atoms with E-state index in [-0.39, 0.29) is 0 Å². The summed E-state index contributed by atoms with van der Waals surface area (Å²) in [6.45, 7) is 0. The Labute approximate surface area is 92.1 Å². The van der Waals surface area contributed by atoms with Crippen molar-refractivity contribution in [2.75, 3.05) is 7.11 Å². The number of hydrogen-bond donors (Lipinski definition) is 0. The van der Waals surface area contributed by atoms with Gasteiger partial charge >= 0.3 is 0 Å². The summed E-state index contributed by atoms with van der Waals surface area (Å²) in [5.74, 6) is 0.838. The van der Waals surface area contributed by atoms with Crippen molar-refractivity contribution in [3.8, 4) is 16.9 Å². The van der Waals surface area contributed by atoms with Crippen LogP contribution in [0.5, 0.6) is 5.75 Å². The molecule has 0 aliphatic rings. The van der Waals surface area contributed by atoms with Gasteiger partial charge in [0.05, 0.1) is 12.0 Å². The van der Waals surface area contributed by atoms with Gasteiger partial charge in [0, 0.05) is 0 Å². The highest BCUT2D eigenvalue weighted by Gasteiger charge is 2.01. The standard InChI is InChI=1S/C12H10O2S/c1-14-11-4-2-9(3-5-11)10-6-12(7-13)15-8-10/h2-8H,1H3. The molecule has 0 fully saturated rings. The van der Waals surface area contributed by atoms with E-state index in [0.717, 1.165) is 28.0 Å². The Morgan fingerprint density at radius 1 is 1.20 bits per heavy atom. The van der Waals surface area contributed by atoms with Gasteiger partial charge in [0.15, 0.2) is 6.29 Å². The maximum Gasteiger partial charge on any atom is 0.160 e. The maximum absolute atomic E-state index is 10.5. The molecular formula is C12H10O2S. The van der Waals surface area contributed by atoms with E-state index in [2.05, 4.69) is 0 Å². The van der Waals surface area contributed by atoms with Crippen LogP contribution < -0.4 is 4.74 Å². The maximum atomic E-state index is 10.5. The van der Waals surface area contributed by atoms with E-state index in [4.69, 9.17) is 4.74 Å². The van der Waals surface area contributed by atoms with E-state index in [9.17, 15) is 4.79 Å². The molecule has 1 aromatic carbocycles. The summed E-state index contributed by atoms with van der Waals surface area (Å²) in [5, 5.41) is 1.98. The molecule has 0 atom stereocenters. The first-order valence-electron chi connectivity index (χ1n) is 4.51. The Morgan fingerprint density at radius 3 is 2.47 bits per heavy atom. The normalized spacial score (nSPS) is 9.93.